The van der Waals surface area contributed by atoms with Gasteiger partial charge in [0.15, 0.2) is 0 Å². The van der Waals surface area contributed by atoms with Gasteiger partial charge in [0.05, 0.1) is 24.6 Å². The van der Waals surface area contributed by atoms with Crippen LogP contribution in [0.2, 0.25) is 0 Å². The van der Waals surface area contributed by atoms with Crippen LogP contribution in [0.5, 0.6) is 0 Å². The van der Waals surface area contributed by atoms with Crippen LogP contribution in [-0.4, -0.2) is 36.2 Å². The van der Waals surface area contributed by atoms with Gasteiger partial charge in [0, 0.05) is 24.8 Å². The molecule has 0 amide bonds. The Balaban J connectivity index is 2.11. The normalized spacial score (nSPS) is 18.4. The van der Waals surface area contributed by atoms with Gasteiger partial charge in [-0.25, -0.2) is 0 Å². The van der Waals surface area contributed by atoms with Gasteiger partial charge in [-0.3, -0.25) is 9.98 Å². The van der Waals surface area contributed by atoms with Crippen LogP contribution in [0.4, 0.5) is 0 Å². The first-order valence-electron chi connectivity index (χ1n) is 8.65. The average molecular weight is 326 g/mol. The number of aliphatic imine (C=N–C) groups is 1. The van der Waals surface area contributed by atoms with Crippen LogP contribution in [-0.2, 0) is 11.2 Å². The maximum absolute atomic E-state index is 5.68. The molecule has 5 heteroatoms. The standard InChI is InChI=1S/C19H26N4O/c1-3-5-8-15-11-16(4-2)19(22-12-15)18(23-20)14-21-13-17-9-6-7-10-24-17/h11-12,14,17H,3-4,6-7,9-10,13,20H2,1-2H3/b21-14?,23-18+. The largest absolute Gasteiger partial charge is 0.376 e. The first-order valence-corrected chi connectivity index (χ1v) is 8.65. The maximum Gasteiger partial charge on any atom is 0.126 e. The summed E-state index contributed by atoms with van der Waals surface area (Å²) >= 11 is 0. The van der Waals surface area contributed by atoms with Crippen LogP contribution in [0.1, 0.15) is 56.4 Å². The molecule has 0 radical (unpaired) electrons. The van der Waals surface area contributed by atoms with Crippen molar-refractivity contribution >= 4 is 11.9 Å². The summed E-state index contributed by atoms with van der Waals surface area (Å²) in [5.41, 5.74) is 3.36. The van der Waals surface area contributed by atoms with Crippen molar-refractivity contribution in [3.8, 4) is 11.8 Å². The molecule has 1 aliphatic rings. The van der Waals surface area contributed by atoms with Crippen LogP contribution < -0.4 is 5.84 Å². The Morgan fingerprint density at radius 3 is 3.00 bits per heavy atom. The number of hydrogen-bond acceptors (Lipinski definition) is 5. The highest BCUT2D eigenvalue weighted by molar-refractivity contribution is 6.37. The second-order valence-electron chi connectivity index (χ2n) is 5.74. The summed E-state index contributed by atoms with van der Waals surface area (Å²) in [5, 5.41) is 3.87. The third-order valence-corrected chi connectivity index (χ3v) is 3.94. The molecule has 1 atom stereocenters. The molecular formula is C19H26N4O. The molecule has 128 valence electrons. The molecule has 1 aromatic heterocycles. The number of aryl methyl sites for hydroxylation is 1. The topological polar surface area (TPSA) is 72.9 Å². The highest BCUT2D eigenvalue weighted by atomic mass is 16.5. The summed E-state index contributed by atoms with van der Waals surface area (Å²) in [7, 11) is 0. The number of aromatic nitrogens is 1. The van der Waals surface area contributed by atoms with E-state index in [1.165, 1.54) is 6.42 Å². The predicted octanol–water partition coefficient (Wildman–Crippen LogP) is 2.71. The zero-order valence-corrected chi connectivity index (χ0v) is 14.6. The first kappa shape index (κ1) is 18.2. The Hall–Kier alpha value is -2.19. The van der Waals surface area contributed by atoms with Gasteiger partial charge in [0.1, 0.15) is 5.71 Å². The van der Waals surface area contributed by atoms with Crippen LogP contribution in [0, 0.1) is 11.8 Å². The highest BCUT2D eigenvalue weighted by Gasteiger charge is 2.13. The summed E-state index contributed by atoms with van der Waals surface area (Å²) in [5.74, 6) is 11.7. The molecule has 24 heavy (non-hydrogen) atoms. The zero-order chi connectivity index (χ0) is 17.2. The molecule has 1 fully saturated rings. The van der Waals surface area contributed by atoms with E-state index in [-0.39, 0.29) is 6.10 Å². The smallest absolute Gasteiger partial charge is 0.126 e. The van der Waals surface area contributed by atoms with E-state index in [1.54, 1.807) is 12.4 Å². The molecule has 0 aliphatic carbocycles. The molecule has 2 heterocycles. The summed E-state index contributed by atoms with van der Waals surface area (Å²) in [6, 6.07) is 2.05. The summed E-state index contributed by atoms with van der Waals surface area (Å²) in [4.78, 5) is 8.96. The number of hydrogen-bond donors (Lipinski definition) is 1. The van der Waals surface area contributed by atoms with Gasteiger partial charge in [-0.1, -0.05) is 25.7 Å². The number of nitrogens with two attached hydrogens (primary N) is 1. The van der Waals surface area contributed by atoms with E-state index in [1.807, 2.05) is 13.0 Å². The Labute approximate surface area is 144 Å². The van der Waals surface area contributed by atoms with Gasteiger partial charge >= 0.3 is 0 Å². The van der Waals surface area contributed by atoms with Gasteiger partial charge < -0.3 is 10.6 Å². The van der Waals surface area contributed by atoms with Gasteiger partial charge in [-0.2, -0.15) is 5.10 Å². The molecule has 0 bridgehead atoms. The quantitative estimate of drug-likeness (QED) is 0.391. The van der Waals surface area contributed by atoms with Crippen molar-refractivity contribution in [1.82, 2.24) is 4.98 Å². The van der Waals surface area contributed by atoms with Crippen LogP contribution in [0.3, 0.4) is 0 Å². The zero-order valence-electron chi connectivity index (χ0n) is 14.6. The number of pyridine rings is 1. The van der Waals surface area contributed by atoms with E-state index in [0.717, 1.165) is 49.1 Å². The lowest BCUT2D eigenvalue weighted by Crippen LogP contribution is -2.22. The number of nitrogens with zero attached hydrogens (tertiary/aromatic N) is 3. The van der Waals surface area contributed by atoms with Crippen molar-refractivity contribution in [2.75, 3.05) is 13.2 Å². The second-order valence-corrected chi connectivity index (χ2v) is 5.74. The van der Waals surface area contributed by atoms with E-state index in [9.17, 15) is 0 Å². The highest BCUT2D eigenvalue weighted by Crippen LogP contribution is 2.13. The monoisotopic (exact) mass is 326 g/mol. The van der Waals surface area contributed by atoms with Crippen molar-refractivity contribution in [3.05, 3.63) is 29.1 Å². The van der Waals surface area contributed by atoms with Crippen molar-refractivity contribution in [2.24, 2.45) is 15.9 Å². The van der Waals surface area contributed by atoms with E-state index in [4.69, 9.17) is 10.6 Å². The molecular weight excluding hydrogens is 300 g/mol. The Morgan fingerprint density at radius 2 is 2.33 bits per heavy atom. The fourth-order valence-corrected chi connectivity index (χ4v) is 2.63. The molecule has 1 unspecified atom stereocenters. The van der Waals surface area contributed by atoms with E-state index in [2.05, 4.69) is 33.8 Å². The Morgan fingerprint density at radius 1 is 1.46 bits per heavy atom. The fraction of sp³-hybridized carbons (Fsp3) is 0.526. The minimum Gasteiger partial charge on any atom is -0.376 e. The van der Waals surface area contributed by atoms with Crippen molar-refractivity contribution < 1.29 is 4.74 Å². The molecule has 1 saturated heterocycles. The molecule has 2 rings (SSSR count). The summed E-state index contributed by atoms with van der Waals surface area (Å²) < 4.78 is 5.68. The first-order chi connectivity index (χ1) is 11.8. The van der Waals surface area contributed by atoms with Crippen LogP contribution in [0.25, 0.3) is 0 Å². The summed E-state index contributed by atoms with van der Waals surface area (Å²) in [6.45, 7) is 5.58. The lowest BCUT2D eigenvalue weighted by Gasteiger charge is -2.20. The molecule has 1 aliphatic heterocycles. The minimum atomic E-state index is 0.208. The van der Waals surface area contributed by atoms with E-state index >= 15 is 0 Å². The van der Waals surface area contributed by atoms with Gasteiger partial charge in [-0.05, 0) is 37.3 Å². The van der Waals surface area contributed by atoms with Crippen molar-refractivity contribution in [3.63, 3.8) is 0 Å². The van der Waals surface area contributed by atoms with Crippen molar-refractivity contribution in [2.45, 2.75) is 52.1 Å². The van der Waals surface area contributed by atoms with Gasteiger partial charge in [0.2, 0.25) is 0 Å². The molecule has 0 saturated carbocycles. The third kappa shape index (κ3) is 5.17. The SMILES string of the molecule is CCC#Cc1cnc(/C(C=NCC2CCCCO2)=N/N)c(CC)c1. The number of rotatable bonds is 5. The van der Waals surface area contributed by atoms with Crippen LogP contribution in [0.15, 0.2) is 22.4 Å². The van der Waals surface area contributed by atoms with Gasteiger partial charge in [-0.15, -0.1) is 0 Å². The van der Waals surface area contributed by atoms with Crippen molar-refractivity contribution in [1.29, 1.82) is 0 Å². The third-order valence-electron chi connectivity index (χ3n) is 3.94. The lowest BCUT2D eigenvalue weighted by atomic mass is 10.1. The molecule has 1 aromatic rings. The number of ether oxygens (including phenoxy) is 1. The summed E-state index contributed by atoms with van der Waals surface area (Å²) in [6.07, 6.45) is 8.76. The predicted molar refractivity (Wildman–Crippen MR) is 98.5 cm³/mol. The van der Waals surface area contributed by atoms with E-state index < -0.39 is 0 Å². The minimum absolute atomic E-state index is 0.208. The molecule has 0 aromatic carbocycles. The van der Waals surface area contributed by atoms with Crippen LogP contribution >= 0.6 is 0 Å². The second kappa shape index (κ2) is 9.84. The Kier molecular flexibility index (Phi) is 7.44. The molecule has 2 N–H and O–H groups in total. The average Bonchev–Trinajstić information content (AvgIpc) is 2.64. The number of hydrazone groups is 1. The lowest BCUT2D eigenvalue weighted by molar-refractivity contribution is 0.0226. The Bertz CT molecular complexity index is 649. The van der Waals surface area contributed by atoms with Gasteiger partial charge in [0.25, 0.3) is 0 Å². The van der Waals surface area contributed by atoms with E-state index in [0.29, 0.717) is 12.3 Å². The fourth-order valence-electron chi connectivity index (χ4n) is 2.63. The maximum atomic E-state index is 5.68. The molecule has 0 spiro atoms. The molecule has 5 nitrogen and oxygen atoms in total.